The van der Waals surface area contributed by atoms with E-state index in [1.165, 1.54) is 61.5 Å². The van der Waals surface area contributed by atoms with E-state index in [0.29, 0.717) is 0 Å². The van der Waals surface area contributed by atoms with Crippen LogP contribution in [0.15, 0.2) is 30.5 Å². The first-order valence-corrected chi connectivity index (χ1v) is 9.38. The fraction of sp³-hybridized carbons (Fsp3) is 0.619. The van der Waals surface area contributed by atoms with Crippen LogP contribution in [0.2, 0.25) is 0 Å². The van der Waals surface area contributed by atoms with E-state index in [1.54, 1.807) is 0 Å². The summed E-state index contributed by atoms with van der Waals surface area (Å²) in [6.07, 6.45) is 11.7. The molecule has 0 atom stereocenters. The zero-order chi connectivity index (χ0) is 16.7. The predicted molar refractivity (Wildman–Crippen MR) is 102 cm³/mol. The zero-order valence-corrected chi connectivity index (χ0v) is 18.2. The molecule has 0 bridgehead atoms. The van der Waals surface area contributed by atoms with Crippen molar-refractivity contribution in [1.29, 1.82) is 0 Å². The lowest BCUT2D eigenvalue weighted by Crippen LogP contribution is -3.00. The second-order valence-corrected chi connectivity index (χ2v) is 7.90. The fourth-order valence-electron chi connectivity index (χ4n) is 3.23. The maximum Gasteiger partial charge on any atom is 0.0822 e. The van der Waals surface area contributed by atoms with Crippen LogP contribution >= 0.6 is 0 Å². The van der Waals surface area contributed by atoms with Crippen LogP contribution in [0.5, 0.6) is 0 Å². The molecule has 1 heterocycles. The molecule has 3 heteroatoms. The monoisotopic (exact) mass is 442 g/mol. The highest BCUT2D eigenvalue weighted by Crippen LogP contribution is 2.23. The van der Waals surface area contributed by atoms with Crippen LogP contribution in [0.4, 0.5) is 0 Å². The van der Waals surface area contributed by atoms with Crippen molar-refractivity contribution in [2.45, 2.75) is 58.4 Å². The van der Waals surface area contributed by atoms with Crippen LogP contribution in [0, 0.1) is 0 Å². The molecule has 0 aliphatic carbocycles. The third-order valence-electron chi connectivity index (χ3n) is 4.68. The topological polar surface area (TPSA) is 4.93 Å². The molecule has 0 N–H and O–H groups in total. The van der Waals surface area contributed by atoms with Crippen molar-refractivity contribution in [1.82, 2.24) is 4.57 Å². The fourth-order valence-corrected chi connectivity index (χ4v) is 3.23. The van der Waals surface area contributed by atoms with Gasteiger partial charge < -0.3 is 33.0 Å². The molecule has 0 aliphatic rings. The number of aromatic nitrogens is 1. The van der Waals surface area contributed by atoms with E-state index in [0.717, 1.165) is 17.4 Å². The van der Waals surface area contributed by atoms with E-state index in [9.17, 15) is 0 Å². The summed E-state index contributed by atoms with van der Waals surface area (Å²) < 4.78 is 3.51. The Balaban J connectivity index is 0.00000288. The van der Waals surface area contributed by atoms with Gasteiger partial charge in [-0.1, -0.05) is 57.2 Å². The molecule has 0 saturated carbocycles. The van der Waals surface area contributed by atoms with Gasteiger partial charge in [0.15, 0.2) is 0 Å². The minimum Gasteiger partial charge on any atom is -1.00 e. The zero-order valence-electron chi connectivity index (χ0n) is 16.0. The molecular formula is C21H35IN2. The number of halogens is 1. The smallest absolute Gasteiger partial charge is 0.0822 e. The molecule has 0 unspecified atom stereocenters. The Morgan fingerprint density at radius 3 is 2.29 bits per heavy atom. The first-order valence-electron chi connectivity index (χ1n) is 9.38. The lowest BCUT2D eigenvalue weighted by molar-refractivity contribution is -0.870. The maximum atomic E-state index is 2.49. The van der Waals surface area contributed by atoms with Gasteiger partial charge in [0.2, 0.25) is 0 Å². The van der Waals surface area contributed by atoms with Crippen LogP contribution in [0.25, 0.3) is 10.9 Å². The van der Waals surface area contributed by atoms with Crippen molar-refractivity contribution < 1.29 is 28.5 Å². The van der Waals surface area contributed by atoms with E-state index in [1.807, 2.05) is 0 Å². The van der Waals surface area contributed by atoms with Gasteiger partial charge in [-0.3, -0.25) is 0 Å². The summed E-state index contributed by atoms with van der Waals surface area (Å²) in [5.74, 6) is 0. The Morgan fingerprint density at radius 1 is 0.917 bits per heavy atom. The molecule has 0 amide bonds. The number of fused-ring (bicyclic) bond motifs is 1. The number of quaternary nitrogens is 1. The molecule has 136 valence electrons. The van der Waals surface area contributed by atoms with Gasteiger partial charge in [-0.15, -0.1) is 0 Å². The lowest BCUT2D eigenvalue weighted by atomic mass is 10.1. The minimum absolute atomic E-state index is 0. The van der Waals surface area contributed by atoms with Crippen molar-refractivity contribution in [3.63, 3.8) is 0 Å². The summed E-state index contributed by atoms with van der Waals surface area (Å²) in [6.45, 7) is 4.63. The molecule has 2 rings (SSSR count). The quantitative estimate of drug-likeness (QED) is 0.302. The summed E-state index contributed by atoms with van der Waals surface area (Å²) in [6, 6.07) is 8.91. The third-order valence-corrected chi connectivity index (χ3v) is 4.68. The molecule has 2 aromatic rings. The van der Waals surface area contributed by atoms with Gasteiger partial charge in [0.25, 0.3) is 0 Å². The third kappa shape index (κ3) is 6.75. The van der Waals surface area contributed by atoms with E-state index >= 15 is 0 Å². The van der Waals surface area contributed by atoms with Crippen molar-refractivity contribution in [3.8, 4) is 0 Å². The minimum atomic E-state index is 0. The number of hydrogen-bond acceptors (Lipinski definition) is 0. The van der Waals surface area contributed by atoms with Crippen LogP contribution < -0.4 is 24.0 Å². The van der Waals surface area contributed by atoms with Gasteiger partial charge in [0.1, 0.15) is 0 Å². The molecule has 0 aliphatic heterocycles. The highest BCUT2D eigenvalue weighted by atomic mass is 127. The average Bonchev–Trinajstić information content (AvgIpc) is 2.86. The van der Waals surface area contributed by atoms with Crippen LogP contribution in [0.1, 0.15) is 51.0 Å². The summed E-state index contributed by atoms with van der Waals surface area (Å²) in [4.78, 5) is 0. The Kier molecular flexibility index (Phi) is 9.35. The number of nitrogens with zero attached hydrogens (tertiary/aromatic N) is 2. The number of unbranched alkanes of at least 4 members (excludes halogenated alkanes) is 5. The molecular weight excluding hydrogens is 407 g/mol. The standard InChI is InChI=1S/C21H35N2.HI/c1-5-6-7-8-9-12-16-22-18-19(15-17-23(2,3)4)20-13-10-11-14-21(20)22;/h10-11,13-14,18H,5-9,12,15-17H2,1-4H3;1H/q+1;/p-1. The van der Waals surface area contributed by atoms with Crippen molar-refractivity contribution in [3.05, 3.63) is 36.0 Å². The number of likely N-dealkylation sites (N-methyl/N-ethyl adjacent to an activating group) is 1. The first kappa shape index (κ1) is 21.5. The van der Waals surface area contributed by atoms with Crippen molar-refractivity contribution >= 4 is 10.9 Å². The van der Waals surface area contributed by atoms with E-state index < -0.39 is 0 Å². The van der Waals surface area contributed by atoms with Gasteiger partial charge in [0, 0.05) is 30.1 Å². The predicted octanol–water partition coefficient (Wildman–Crippen LogP) is 2.25. The van der Waals surface area contributed by atoms with Crippen LogP contribution in [-0.4, -0.2) is 36.7 Å². The molecule has 0 spiro atoms. The van der Waals surface area contributed by atoms with E-state index in [-0.39, 0.29) is 24.0 Å². The van der Waals surface area contributed by atoms with Crippen molar-refractivity contribution in [2.75, 3.05) is 27.7 Å². The Hall–Kier alpha value is -0.550. The summed E-state index contributed by atoms with van der Waals surface area (Å²) in [7, 11) is 6.82. The Labute approximate surface area is 165 Å². The maximum absolute atomic E-state index is 2.49. The lowest BCUT2D eigenvalue weighted by Gasteiger charge is -2.23. The number of benzene rings is 1. The van der Waals surface area contributed by atoms with Crippen molar-refractivity contribution in [2.24, 2.45) is 0 Å². The van der Waals surface area contributed by atoms with Crippen LogP contribution in [0.3, 0.4) is 0 Å². The molecule has 1 aromatic carbocycles. The summed E-state index contributed by atoms with van der Waals surface area (Å²) >= 11 is 0. The number of hydrogen-bond donors (Lipinski definition) is 0. The molecule has 24 heavy (non-hydrogen) atoms. The average molecular weight is 442 g/mol. The first-order chi connectivity index (χ1) is 11.0. The number of rotatable bonds is 10. The van der Waals surface area contributed by atoms with E-state index in [4.69, 9.17) is 0 Å². The second-order valence-electron chi connectivity index (χ2n) is 7.90. The van der Waals surface area contributed by atoms with Gasteiger partial charge in [-0.05, 0) is 18.1 Å². The molecule has 2 nitrogen and oxygen atoms in total. The number of aryl methyl sites for hydroxylation is 1. The highest BCUT2D eigenvalue weighted by molar-refractivity contribution is 5.84. The Morgan fingerprint density at radius 2 is 1.58 bits per heavy atom. The molecule has 0 saturated heterocycles. The van der Waals surface area contributed by atoms with Gasteiger partial charge in [0.05, 0.1) is 27.7 Å². The van der Waals surface area contributed by atoms with Gasteiger partial charge in [-0.25, -0.2) is 0 Å². The Bertz CT molecular complexity index is 595. The second kappa shape index (κ2) is 10.4. The summed E-state index contributed by atoms with van der Waals surface area (Å²) in [5, 5.41) is 1.45. The normalized spacial score (nSPS) is 11.7. The highest BCUT2D eigenvalue weighted by Gasteiger charge is 2.12. The molecule has 0 fully saturated rings. The largest absolute Gasteiger partial charge is 1.00 e. The molecule has 1 aromatic heterocycles. The number of para-hydroxylation sites is 1. The van der Waals surface area contributed by atoms with Gasteiger partial charge in [-0.2, -0.15) is 0 Å². The van der Waals surface area contributed by atoms with E-state index in [2.05, 4.69) is 63.1 Å². The summed E-state index contributed by atoms with van der Waals surface area (Å²) in [5.41, 5.74) is 2.93. The SMILES string of the molecule is CCCCCCCCn1cc(CC[N+](C)(C)C)c2ccccc21.[I-]. The molecule has 0 radical (unpaired) electrons. The van der Waals surface area contributed by atoms with Crippen LogP contribution in [-0.2, 0) is 13.0 Å². The van der Waals surface area contributed by atoms with Gasteiger partial charge >= 0.3 is 0 Å².